The molecule has 0 saturated carbocycles. The average molecular weight is 311 g/mol. The van der Waals surface area contributed by atoms with Crippen molar-refractivity contribution in [3.63, 3.8) is 0 Å². The molecule has 22 heavy (non-hydrogen) atoms. The van der Waals surface area contributed by atoms with E-state index in [0.717, 1.165) is 0 Å². The molecule has 7 heteroatoms. The molecule has 0 aromatic heterocycles. The highest BCUT2D eigenvalue weighted by molar-refractivity contribution is 5.82. The van der Waals surface area contributed by atoms with Gasteiger partial charge in [-0.25, -0.2) is 9.59 Å². The fraction of sp³-hybridized carbons (Fsp3) is 0.467. The number of hydrogen-bond acceptors (Lipinski definition) is 5. The van der Waals surface area contributed by atoms with Crippen molar-refractivity contribution in [1.29, 1.82) is 0 Å². The largest absolute Gasteiger partial charge is 0.497 e. The number of hydrogen-bond donors (Lipinski definition) is 2. The van der Waals surface area contributed by atoms with Gasteiger partial charge in [0.05, 0.1) is 14.2 Å². The molecule has 1 aromatic rings. The van der Waals surface area contributed by atoms with Gasteiger partial charge in [-0.1, -0.05) is 0 Å². The smallest absolute Gasteiger partial charge is 0.408 e. The summed E-state index contributed by atoms with van der Waals surface area (Å²) >= 11 is 0. The molecule has 0 aliphatic heterocycles. The first-order valence-corrected chi connectivity index (χ1v) is 6.62. The second-order valence-electron chi connectivity index (χ2n) is 5.53. The van der Waals surface area contributed by atoms with Gasteiger partial charge < -0.3 is 24.6 Å². The first-order valence-electron chi connectivity index (χ1n) is 6.62. The minimum Gasteiger partial charge on any atom is -0.497 e. The molecular weight excluding hydrogens is 290 g/mol. The molecule has 7 nitrogen and oxygen atoms in total. The zero-order valence-corrected chi connectivity index (χ0v) is 13.3. The van der Waals surface area contributed by atoms with Crippen LogP contribution in [0, 0.1) is 0 Å². The van der Waals surface area contributed by atoms with Crippen molar-refractivity contribution in [2.45, 2.75) is 32.4 Å². The SMILES string of the molecule is COc1ccc(OC)c(C(NC(=O)OC(C)(C)C)C(=O)O)c1. The Hall–Kier alpha value is -2.44. The molecule has 0 heterocycles. The number of aliphatic carboxylic acids is 1. The number of nitrogens with one attached hydrogen (secondary N) is 1. The van der Waals surface area contributed by atoms with Gasteiger partial charge in [0.1, 0.15) is 17.1 Å². The normalized spacial score (nSPS) is 12.2. The maximum Gasteiger partial charge on any atom is 0.408 e. The summed E-state index contributed by atoms with van der Waals surface area (Å²) < 4.78 is 15.3. The van der Waals surface area contributed by atoms with Crippen LogP contribution >= 0.6 is 0 Å². The number of benzene rings is 1. The molecule has 0 fully saturated rings. The van der Waals surface area contributed by atoms with Crippen LogP contribution in [-0.4, -0.2) is 37.0 Å². The number of methoxy groups -OCH3 is 2. The van der Waals surface area contributed by atoms with Crippen LogP contribution in [0.15, 0.2) is 18.2 Å². The van der Waals surface area contributed by atoms with Gasteiger partial charge in [0.2, 0.25) is 0 Å². The van der Waals surface area contributed by atoms with Crippen LogP contribution in [-0.2, 0) is 9.53 Å². The highest BCUT2D eigenvalue weighted by atomic mass is 16.6. The standard InChI is InChI=1S/C15H21NO6/c1-15(2,3)22-14(19)16-12(13(17)18)10-8-9(20-4)6-7-11(10)21-5/h6-8,12H,1-5H3,(H,16,19)(H,17,18). The van der Waals surface area contributed by atoms with Gasteiger partial charge in [-0.3, -0.25) is 0 Å². The molecule has 0 aliphatic rings. The van der Waals surface area contributed by atoms with Crippen molar-refractivity contribution in [2.75, 3.05) is 14.2 Å². The van der Waals surface area contributed by atoms with Gasteiger partial charge >= 0.3 is 12.1 Å². The fourth-order valence-electron chi connectivity index (χ4n) is 1.76. The Bertz CT molecular complexity index is 549. The van der Waals surface area contributed by atoms with E-state index in [2.05, 4.69) is 5.32 Å². The van der Waals surface area contributed by atoms with Crippen molar-refractivity contribution in [2.24, 2.45) is 0 Å². The van der Waals surface area contributed by atoms with Gasteiger partial charge in [0.25, 0.3) is 0 Å². The van der Waals surface area contributed by atoms with Gasteiger partial charge in [0, 0.05) is 5.56 Å². The number of carboxylic acid groups (broad SMARTS) is 1. The molecule has 0 spiro atoms. The molecule has 122 valence electrons. The molecule has 0 bridgehead atoms. The van der Waals surface area contributed by atoms with Crippen LogP contribution in [0.3, 0.4) is 0 Å². The Labute approximate surface area is 129 Å². The summed E-state index contributed by atoms with van der Waals surface area (Å²) in [5, 5.41) is 11.7. The second-order valence-corrected chi connectivity index (χ2v) is 5.53. The molecule has 1 unspecified atom stereocenters. The van der Waals surface area contributed by atoms with Gasteiger partial charge in [0.15, 0.2) is 6.04 Å². The Morgan fingerprint density at radius 1 is 1.18 bits per heavy atom. The number of carbonyl (C=O) groups is 2. The van der Waals surface area contributed by atoms with Gasteiger partial charge in [-0.05, 0) is 39.0 Å². The third-order valence-electron chi connectivity index (χ3n) is 2.66. The number of carbonyl (C=O) groups excluding carboxylic acids is 1. The van der Waals surface area contributed by atoms with Crippen molar-refractivity contribution < 1.29 is 28.9 Å². The van der Waals surface area contributed by atoms with Crippen LogP contribution in [0.25, 0.3) is 0 Å². The van der Waals surface area contributed by atoms with E-state index in [-0.39, 0.29) is 5.56 Å². The minimum absolute atomic E-state index is 0.264. The lowest BCUT2D eigenvalue weighted by Crippen LogP contribution is -2.38. The number of rotatable bonds is 5. The lowest BCUT2D eigenvalue weighted by atomic mass is 10.1. The summed E-state index contributed by atoms with van der Waals surface area (Å²) in [5.74, 6) is -0.463. The van der Waals surface area contributed by atoms with E-state index in [9.17, 15) is 14.7 Å². The van der Waals surface area contributed by atoms with E-state index in [1.54, 1.807) is 32.9 Å². The van der Waals surface area contributed by atoms with Crippen LogP contribution in [0.5, 0.6) is 11.5 Å². The number of amides is 1. The molecule has 0 saturated heterocycles. The predicted molar refractivity (Wildman–Crippen MR) is 79.3 cm³/mol. The zero-order chi connectivity index (χ0) is 16.9. The van der Waals surface area contributed by atoms with Crippen molar-refractivity contribution in [3.05, 3.63) is 23.8 Å². The maximum atomic E-state index is 11.8. The monoisotopic (exact) mass is 311 g/mol. The van der Waals surface area contributed by atoms with E-state index in [1.807, 2.05) is 0 Å². The summed E-state index contributed by atoms with van der Waals surface area (Å²) in [6, 6.07) is 3.38. The molecular formula is C15H21NO6. The van der Waals surface area contributed by atoms with Crippen LogP contribution in [0.4, 0.5) is 4.79 Å². The van der Waals surface area contributed by atoms with E-state index in [0.29, 0.717) is 11.5 Å². The van der Waals surface area contributed by atoms with Gasteiger partial charge in [-0.15, -0.1) is 0 Å². The molecule has 0 radical (unpaired) electrons. The number of ether oxygens (including phenoxy) is 3. The first kappa shape index (κ1) is 17.6. The quantitative estimate of drug-likeness (QED) is 0.867. The highest BCUT2D eigenvalue weighted by Gasteiger charge is 2.28. The van der Waals surface area contributed by atoms with Crippen LogP contribution in [0.2, 0.25) is 0 Å². The Balaban J connectivity index is 3.10. The topological polar surface area (TPSA) is 94.1 Å². The fourth-order valence-corrected chi connectivity index (χ4v) is 1.76. The molecule has 1 amide bonds. The van der Waals surface area contributed by atoms with Gasteiger partial charge in [-0.2, -0.15) is 0 Å². The second kappa shape index (κ2) is 7.02. The Morgan fingerprint density at radius 2 is 1.82 bits per heavy atom. The third kappa shape index (κ3) is 4.83. The molecule has 0 aliphatic carbocycles. The number of carboxylic acids is 1. The predicted octanol–water partition coefficient (Wildman–Crippen LogP) is 2.35. The lowest BCUT2D eigenvalue weighted by molar-refractivity contribution is -0.139. The summed E-state index contributed by atoms with van der Waals surface area (Å²) in [6.07, 6.45) is -0.829. The number of alkyl carbamates (subject to hydrolysis) is 1. The molecule has 1 rings (SSSR count). The summed E-state index contributed by atoms with van der Waals surface area (Å²) in [6.45, 7) is 5.07. The Kier molecular flexibility index (Phi) is 5.62. The summed E-state index contributed by atoms with van der Waals surface area (Å²) in [4.78, 5) is 23.3. The lowest BCUT2D eigenvalue weighted by Gasteiger charge is -2.23. The Morgan fingerprint density at radius 3 is 2.27 bits per heavy atom. The van der Waals surface area contributed by atoms with Crippen molar-refractivity contribution in [1.82, 2.24) is 5.32 Å². The van der Waals surface area contributed by atoms with E-state index < -0.39 is 23.7 Å². The van der Waals surface area contributed by atoms with E-state index in [1.165, 1.54) is 20.3 Å². The van der Waals surface area contributed by atoms with Crippen molar-refractivity contribution >= 4 is 12.1 Å². The van der Waals surface area contributed by atoms with Crippen LogP contribution < -0.4 is 14.8 Å². The maximum absolute atomic E-state index is 11.8. The van der Waals surface area contributed by atoms with E-state index >= 15 is 0 Å². The minimum atomic E-state index is -1.32. The first-order chi connectivity index (χ1) is 10.2. The third-order valence-corrected chi connectivity index (χ3v) is 2.66. The summed E-state index contributed by atoms with van der Waals surface area (Å²) in [7, 11) is 2.88. The zero-order valence-electron chi connectivity index (χ0n) is 13.3. The average Bonchev–Trinajstić information content (AvgIpc) is 2.41. The van der Waals surface area contributed by atoms with Crippen molar-refractivity contribution in [3.8, 4) is 11.5 Å². The highest BCUT2D eigenvalue weighted by Crippen LogP contribution is 2.29. The molecule has 1 atom stereocenters. The summed E-state index contributed by atoms with van der Waals surface area (Å²) in [5.41, 5.74) is -0.466. The van der Waals surface area contributed by atoms with E-state index in [4.69, 9.17) is 14.2 Å². The van der Waals surface area contributed by atoms with Crippen LogP contribution in [0.1, 0.15) is 32.4 Å². The molecule has 1 aromatic carbocycles. The molecule has 2 N–H and O–H groups in total.